The smallest absolute Gasteiger partial charge is 0.236 e. The summed E-state index contributed by atoms with van der Waals surface area (Å²) in [5.41, 5.74) is 2.24. The van der Waals surface area contributed by atoms with Gasteiger partial charge in [0.25, 0.3) is 0 Å². The summed E-state index contributed by atoms with van der Waals surface area (Å²) < 4.78 is 27.4. The highest BCUT2D eigenvalue weighted by molar-refractivity contribution is 7.91. The van der Waals surface area contributed by atoms with Crippen LogP contribution in [0.3, 0.4) is 0 Å². The first kappa shape index (κ1) is 16.1. The Morgan fingerprint density at radius 1 is 1.04 bits per heavy atom. The minimum absolute atomic E-state index is 0.138. The molecule has 1 fully saturated rings. The fourth-order valence-electron chi connectivity index (χ4n) is 2.78. The van der Waals surface area contributed by atoms with Crippen LogP contribution in [0.25, 0.3) is 0 Å². The zero-order chi connectivity index (χ0) is 16.3. The van der Waals surface area contributed by atoms with E-state index in [1.54, 1.807) is 30.3 Å². The van der Waals surface area contributed by atoms with E-state index >= 15 is 0 Å². The molecule has 1 aliphatic heterocycles. The average molecular weight is 351 g/mol. The highest BCUT2D eigenvalue weighted by atomic mass is 35.5. The minimum atomic E-state index is -3.50. The molecular weight excluding hydrogens is 332 g/mol. The van der Waals surface area contributed by atoms with Gasteiger partial charge < -0.3 is 4.90 Å². The molecule has 2 aromatic rings. The lowest BCUT2D eigenvalue weighted by Gasteiger charge is -2.18. The van der Waals surface area contributed by atoms with E-state index in [-0.39, 0.29) is 5.75 Å². The molecule has 0 amide bonds. The molecule has 0 radical (unpaired) electrons. The Labute approximate surface area is 142 Å². The molecule has 2 aromatic carbocycles. The van der Waals surface area contributed by atoms with Gasteiger partial charge >= 0.3 is 0 Å². The summed E-state index contributed by atoms with van der Waals surface area (Å²) in [6.07, 6.45) is 2.37. The highest BCUT2D eigenvalue weighted by Crippen LogP contribution is 2.25. The Kier molecular flexibility index (Phi) is 4.78. The van der Waals surface area contributed by atoms with E-state index in [2.05, 4.69) is 9.62 Å². The van der Waals surface area contributed by atoms with Crippen LogP contribution in [-0.2, 0) is 15.8 Å². The lowest BCUT2D eigenvalue weighted by Crippen LogP contribution is -2.19. The molecule has 0 spiro atoms. The molecule has 23 heavy (non-hydrogen) atoms. The molecule has 0 unspecified atom stereocenters. The molecular formula is C17H19ClN2O2S. The van der Waals surface area contributed by atoms with Crippen molar-refractivity contribution in [2.45, 2.75) is 18.6 Å². The standard InChI is InChI=1S/C17H19ClN2O2S/c18-17-9-2-1-6-14(17)13-23(21,22)19-15-7-5-8-16(12-15)20-10-3-4-11-20/h1-2,5-9,12,19H,3-4,10-11,13H2. The number of nitrogens with one attached hydrogen (secondary N) is 1. The van der Waals surface area contributed by atoms with Crippen LogP contribution in [0.1, 0.15) is 18.4 Å². The van der Waals surface area contributed by atoms with Crippen molar-refractivity contribution in [3.05, 3.63) is 59.1 Å². The number of nitrogens with zero attached hydrogens (tertiary/aromatic N) is 1. The van der Waals surface area contributed by atoms with E-state index in [4.69, 9.17) is 11.6 Å². The number of halogens is 1. The van der Waals surface area contributed by atoms with Crippen molar-refractivity contribution in [1.82, 2.24) is 0 Å². The molecule has 0 bridgehead atoms. The summed E-state index contributed by atoms with van der Waals surface area (Å²) in [5.74, 6) is -0.138. The first-order chi connectivity index (χ1) is 11.0. The zero-order valence-electron chi connectivity index (χ0n) is 12.7. The number of hydrogen-bond donors (Lipinski definition) is 1. The number of rotatable bonds is 5. The molecule has 0 atom stereocenters. The number of hydrogen-bond acceptors (Lipinski definition) is 3. The molecule has 1 heterocycles. The van der Waals surface area contributed by atoms with E-state index in [0.29, 0.717) is 16.3 Å². The van der Waals surface area contributed by atoms with Gasteiger partial charge in [-0.05, 0) is 42.7 Å². The summed E-state index contributed by atoms with van der Waals surface area (Å²) in [4.78, 5) is 2.27. The predicted octanol–water partition coefficient (Wildman–Crippen LogP) is 3.88. The van der Waals surface area contributed by atoms with Gasteiger partial charge in [-0.15, -0.1) is 0 Å². The molecule has 0 saturated carbocycles. The van der Waals surface area contributed by atoms with Crippen molar-refractivity contribution in [2.24, 2.45) is 0 Å². The van der Waals surface area contributed by atoms with Crippen LogP contribution >= 0.6 is 11.6 Å². The van der Waals surface area contributed by atoms with E-state index in [1.165, 1.54) is 12.8 Å². The van der Waals surface area contributed by atoms with Crippen LogP contribution in [0.5, 0.6) is 0 Å². The normalized spacial score (nSPS) is 14.9. The first-order valence-electron chi connectivity index (χ1n) is 7.62. The summed E-state index contributed by atoms with van der Waals surface area (Å²) in [6.45, 7) is 2.05. The maximum Gasteiger partial charge on any atom is 0.236 e. The van der Waals surface area contributed by atoms with Crippen LogP contribution in [0, 0.1) is 0 Å². The van der Waals surface area contributed by atoms with Gasteiger partial charge in [0.1, 0.15) is 0 Å². The zero-order valence-corrected chi connectivity index (χ0v) is 14.3. The van der Waals surface area contributed by atoms with Gasteiger partial charge in [-0.1, -0.05) is 35.9 Å². The van der Waals surface area contributed by atoms with Gasteiger partial charge in [-0.3, -0.25) is 4.72 Å². The Bertz CT molecular complexity index is 787. The third kappa shape index (κ3) is 4.18. The number of sulfonamides is 1. The van der Waals surface area contributed by atoms with Crippen molar-refractivity contribution >= 4 is 33.0 Å². The third-order valence-electron chi connectivity index (χ3n) is 3.89. The van der Waals surface area contributed by atoms with Gasteiger partial charge in [0.15, 0.2) is 0 Å². The van der Waals surface area contributed by atoms with E-state index < -0.39 is 10.0 Å². The Morgan fingerprint density at radius 2 is 1.78 bits per heavy atom. The topological polar surface area (TPSA) is 49.4 Å². The van der Waals surface area contributed by atoms with Crippen molar-refractivity contribution in [3.63, 3.8) is 0 Å². The molecule has 0 aliphatic carbocycles. The van der Waals surface area contributed by atoms with Crippen molar-refractivity contribution in [2.75, 3.05) is 22.7 Å². The Balaban J connectivity index is 1.75. The maximum atomic E-state index is 12.4. The van der Waals surface area contributed by atoms with E-state index in [1.807, 2.05) is 18.2 Å². The van der Waals surface area contributed by atoms with E-state index in [9.17, 15) is 8.42 Å². The van der Waals surface area contributed by atoms with Gasteiger partial charge in [0.2, 0.25) is 10.0 Å². The molecule has 0 aromatic heterocycles. The van der Waals surface area contributed by atoms with Crippen LogP contribution < -0.4 is 9.62 Å². The second kappa shape index (κ2) is 6.81. The lowest BCUT2D eigenvalue weighted by atomic mass is 10.2. The SMILES string of the molecule is O=S(=O)(Cc1ccccc1Cl)Nc1cccc(N2CCCC2)c1. The van der Waals surface area contributed by atoms with Crippen molar-refractivity contribution in [1.29, 1.82) is 0 Å². The second-order valence-corrected chi connectivity index (χ2v) is 7.83. The summed E-state index contributed by atoms with van der Waals surface area (Å²) in [5, 5.41) is 0.462. The largest absolute Gasteiger partial charge is 0.371 e. The Morgan fingerprint density at radius 3 is 2.52 bits per heavy atom. The van der Waals surface area contributed by atoms with Crippen LogP contribution in [0.2, 0.25) is 5.02 Å². The van der Waals surface area contributed by atoms with Gasteiger partial charge in [-0.25, -0.2) is 8.42 Å². The van der Waals surface area contributed by atoms with Gasteiger partial charge in [0.05, 0.1) is 11.4 Å². The predicted molar refractivity (Wildman–Crippen MR) is 95.6 cm³/mol. The quantitative estimate of drug-likeness (QED) is 0.890. The fraction of sp³-hybridized carbons (Fsp3) is 0.294. The third-order valence-corrected chi connectivity index (χ3v) is 5.50. The number of anilines is 2. The summed E-state index contributed by atoms with van der Waals surface area (Å²) >= 11 is 6.05. The maximum absolute atomic E-state index is 12.4. The number of benzene rings is 2. The highest BCUT2D eigenvalue weighted by Gasteiger charge is 2.16. The van der Waals surface area contributed by atoms with Crippen LogP contribution in [0.15, 0.2) is 48.5 Å². The van der Waals surface area contributed by atoms with Gasteiger partial charge in [0, 0.05) is 23.8 Å². The monoisotopic (exact) mass is 350 g/mol. The molecule has 3 rings (SSSR count). The van der Waals surface area contributed by atoms with Crippen LogP contribution in [-0.4, -0.2) is 21.5 Å². The van der Waals surface area contributed by atoms with Gasteiger partial charge in [-0.2, -0.15) is 0 Å². The summed E-state index contributed by atoms with van der Waals surface area (Å²) in [6, 6.07) is 14.5. The van der Waals surface area contributed by atoms with Crippen molar-refractivity contribution < 1.29 is 8.42 Å². The fourth-order valence-corrected chi connectivity index (χ4v) is 4.28. The molecule has 1 N–H and O–H groups in total. The van der Waals surface area contributed by atoms with E-state index in [0.717, 1.165) is 18.8 Å². The molecule has 1 aliphatic rings. The average Bonchev–Trinajstić information content (AvgIpc) is 3.03. The lowest BCUT2D eigenvalue weighted by molar-refractivity contribution is 0.600. The molecule has 4 nitrogen and oxygen atoms in total. The molecule has 6 heteroatoms. The Hall–Kier alpha value is -1.72. The first-order valence-corrected chi connectivity index (χ1v) is 9.65. The van der Waals surface area contributed by atoms with Crippen molar-refractivity contribution in [3.8, 4) is 0 Å². The van der Waals surface area contributed by atoms with Crippen LogP contribution in [0.4, 0.5) is 11.4 Å². The molecule has 1 saturated heterocycles. The second-order valence-electron chi connectivity index (χ2n) is 5.70. The minimum Gasteiger partial charge on any atom is -0.371 e. The summed E-state index contributed by atoms with van der Waals surface area (Å²) in [7, 11) is -3.50. The molecule has 122 valence electrons.